The molecule has 1 fully saturated rings. The highest BCUT2D eigenvalue weighted by Crippen LogP contribution is 2.44. The minimum absolute atomic E-state index is 0.0654. The molecule has 0 radical (unpaired) electrons. The van der Waals surface area contributed by atoms with Crippen LogP contribution in [0.25, 0.3) is 11.0 Å². The van der Waals surface area contributed by atoms with E-state index < -0.39 is 23.3 Å². The van der Waals surface area contributed by atoms with Gasteiger partial charge in [0, 0.05) is 10.7 Å². The summed E-state index contributed by atoms with van der Waals surface area (Å²) in [6.07, 6.45) is 1.57. The van der Waals surface area contributed by atoms with Crippen LogP contribution in [0.2, 0.25) is 0 Å². The lowest BCUT2D eigenvalue weighted by molar-refractivity contribution is -0.150. The molecule has 2 atom stereocenters. The summed E-state index contributed by atoms with van der Waals surface area (Å²) in [4.78, 5) is 47.7. The summed E-state index contributed by atoms with van der Waals surface area (Å²) in [5.74, 6) is -0.932. The van der Waals surface area contributed by atoms with Crippen LogP contribution in [0.1, 0.15) is 5.56 Å². The smallest absolute Gasteiger partial charge is 0.353 e. The van der Waals surface area contributed by atoms with E-state index in [2.05, 4.69) is 25.5 Å². The Kier molecular flexibility index (Phi) is 5.98. The predicted octanol–water partition coefficient (Wildman–Crippen LogP) is 0.975. The summed E-state index contributed by atoms with van der Waals surface area (Å²) in [5.41, 5.74) is 6.97. The normalized spacial score (nSPS) is 19.3. The highest BCUT2D eigenvalue weighted by Gasteiger charge is 2.54. The van der Waals surface area contributed by atoms with Crippen LogP contribution < -0.4 is 15.8 Å². The van der Waals surface area contributed by atoms with Crippen molar-refractivity contribution in [2.45, 2.75) is 23.0 Å². The fraction of sp³-hybridized carbons (Fsp3) is 0.238. The summed E-state index contributed by atoms with van der Waals surface area (Å²) in [6.45, 7) is 0. The average Bonchev–Trinajstić information content (AvgIpc) is 3.31. The first-order chi connectivity index (χ1) is 16.9. The third kappa shape index (κ3) is 4.25. The van der Waals surface area contributed by atoms with Crippen molar-refractivity contribution in [2.24, 2.45) is 0 Å². The lowest BCUT2D eigenvalue weighted by Gasteiger charge is -2.49. The molecule has 35 heavy (non-hydrogen) atoms. The van der Waals surface area contributed by atoms with Crippen LogP contribution in [0.15, 0.2) is 46.2 Å². The van der Waals surface area contributed by atoms with Gasteiger partial charge in [-0.15, -0.1) is 11.8 Å². The number of methoxy groups -OCH3 is 1. The fourth-order valence-electron chi connectivity index (χ4n) is 3.85. The molecule has 14 heteroatoms. The minimum atomic E-state index is -1.25. The number of aromatic nitrogens is 4. The molecular formula is C21H19N7O5S2. The lowest BCUT2D eigenvalue weighted by atomic mass is 10.0. The molecule has 0 saturated carbocycles. The average molecular weight is 514 g/mol. The lowest BCUT2D eigenvalue weighted by Crippen LogP contribution is -2.70. The fourth-order valence-corrected chi connectivity index (χ4v) is 6.27. The molecule has 5 N–H and O–H groups in total. The predicted molar refractivity (Wildman–Crippen MR) is 128 cm³/mol. The molecule has 0 spiro atoms. The Morgan fingerprint density at radius 1 is 1.40 bits per heavy atom. The number of thioether (sulfide) groups is 2. The molecule has 12 nitrogen and oxygen atoms in total. The minimum Gasteiger partial charge on any atom is -0.497 e. The number of anilines is 1. The highest BCUT2D eigenvalue weighted by molar-refractivity contribution is 8.06. The maximum Gasteiger partial charge on any atom is 0.353 e. The van der Waals surface area contributed by atoms with E-state index in [0.29, 0.717) is 27.4 Å². The molecular weight excluding hydrogens is 494 g/mol. The van der Waals surface area contributed by atoms with Crippen molar-refractivity contribution in [3.05, 3.63) is 46.6 Å². The van der Waals surface area contributed by atoms with Crippen LogP contribution in [0.5, 0.6) is 5.75 Å². The largest absolute Gasteiger partial charge is 0.497 e. The van der Waals surface area contributed by atoms with Gasteiger partial charge in [0.05, 0.1) is 25.1 Å². The zero-order chi connectivity index (χ0) is 24.7. The molecule has 180 valence electrons. The number of aromatic amines is 1. The Morgan fingerprint density at radius 3 is 3.00 bits per heavy atom. The molecule has 1 unspecified atom stereocenters. The van der Waals surface area contributed by atoms with E-state index in [0.717, 1.165) is 17.3 Å². The Bertz CT molecular complexity index is 1390. The third-order valence-corrected chi connectivity index (χ3v) is 7.90. The van der Waals surface area contributed by atoms with Gasteiger partial charge < -0.3 is 20.9 Å². The number of carbonyl (C=O) groups excluding carboxylic acids is 2. The number of amides is 2. The van der Waals surface area contributed by atoms with Crippen LogP contribution in [0.3, 0.4) is 0 Å². The summed E-state index contributed by atoms with van der Waals surface area (Å²) >= 11 is 2.39. The SMILES string of the molecule is COc1cccc(CC(=O)NC2C(=O)N3C(C(=O)O)=C(Sc4nc(N)c5cn[nH]c5n4)CS[C@H]23)c1. The first kappa shape index (κ1) is 23.0. The third-order valence-electron chi connectivity index (χ3n) is 5.48. The van der Waals surface area contributed by atoms with Gasteiger partial charge in [0.25, 0.3) is 5.91 Å². The number of carbonyl (C=O) groups is 3. The molecule has 0 bridgehead atoms. The number of hydrogen-bond acceptors (Lipinski definition) is 10. The number of carboxylic acid groups (broad SMARTS) is 1. The van der Waals surface area contributed by atoms with E-state index >= 15 is 0 Å². The molecule has 2 amide bonds. The van der Waals surface area contributed by atoms with Crippen LogP contribution in [-0.4, -0.2) is 72.2 Å². The van der Waals surface area contributed by atoms with Crippen molar-refractivity contribution in [2.75, 3.05) is 18.6 Å². The van der Waals surface area contributed by atoms with Crippen molar-refractivity contribution in [3.63, 3.8) is 0 Å². The maximum atomic E-state index is 12.9. The van der Waals surface area contributed by atoms with Gasteiger partial charge in [0.1, 0.15) is 28.7 Å². The number of nitrogens with one attached hydrogen (secondary N) is 2. The quantitative estimate of drug-likeness (QED) is 0.261. The first-order valence-corrected chi connectivity index (χ1v) is 12.2. The van der Waals surface area contributed by atoms with Gasteiger partial charge in [-0.1, -0.05) is 23.9 Å². The van der Waals surface area contributed by atoms with Crippen LogP contribution in [0.4, 0.5) is 5.82 Å². The molecule has 0 aliphatic carbocycles. The Labute approximate surface area is 206 Å². The van der Waals surface area contributed by atoms with E-state index in [4.69, 9.17) is 10.5 Å². The number of aliphatic carboxylic acids is 1. The van der Waals surface area contributed by atoms with Crippen molar-refractivity contribution < 1.29 is 24.2 Å². The van der Waals surface area contributed by atoms with Gasteiger partial charge in [0.2, 0.25) is 5.91 Å². The summed E-state index contributed by atoms with van der Waals surface area (Å²) < 4.78 is 5.17. The number of fused-ring (bicyclic) bond motifs is 2. The second kappa shape index (κ2) is 9.11. The number of ether oxygens (including phenoxy) is 1. The summed E-state index contributed by atoms with van der Waals surface area (Å²) in [6, 6.07) is 6.27. The number of nitrogens with two attached hydrogens (primary N) is 1. The number of benzene rings is 1. The van der Waals surface area contributed by atoms with E-state index in [9.17, 15) is 19.5 Å². The van der Waals surface area contributed by atoms with Gasteiger partial charge in [-0.2, -0.15) is 5.10 Å². The number of nitrogen functional groups attached to an aromatic ring is 1. The molecule has 1 aromatic carbocycles. The second-order valence-corrected chi connectivity index (χ2v) is 9.85. The van der Waals surface area contributed by atoms with Gasteiger partial charge in [-0.3, -0.25) is 19.6 Å². The van der Waals surface area contributed by atoms with Gasteiger partial charge in [-0.05, 0) is 17.7 Å². The van der Waals surface area contributed by atoms with Crippen molar-refractivity contribution in [1.82, 2.24) is 30.4 Å². The molecule has 2 aliphatic heterocycles. The number of rotatable bonds is 7. The van der Waals surface area contributed by atoms with Crippen molar-refractivity contribution in [1.29, 1.82) is 0 Å². The first-order valence-electron chi connectivity index (χ1n) is 10.3. The zero-order valence-corrected chi connectivity index (χ0v) is 19.9. The number of β-lactam (4-membered cyclic amide) rings is 1. The Hall–Kier alpha value is -3.78. The molecule has 2 aliphatic rings. The van der Waals surface area contributed by atoms with E-state index in [1.54, 1.807) is 24.3 Å². The van der Waals surface area contributed by atoms with Crippen LogP contribution in [0, 0.1) is 0 Å². The molecule has 1 saturated heterocycles. The zero-order valence-electron chi connectivity index (χ0n) is 18.2. The van der Waals surface area contributed by atoms with Gasteiger partial charge >= 0.3 is 5.97 Å². The van der Waals surface area contributed by atoms with Crippen LogP contribution >= 0.6 is 23.5 Å². The Morgan fingerprint density at radius 2 is 2.23 bits per heavy atom. The molecule has 3 aromatic rings. The highest BCUT2D eigenvalue weighted by atomic mass is 32.2. The van der Waals surface area contributed by atoms with Gasteiger partial charge in [-0.25, -0.2) is 14.8 Å². The van der Waals surface area contributed by atoms with E-state index in [-0.39, 0.29) is 29.0 Å². The summed E-state index contributed by atoms with van der Waals surface area (Å²) in [7, 11) is 1.54. The second-order valence-electron chi connectivity index (χ2n) is 7.69. The molecule has 5 rings (SSSR count). The number of nitrogens with zero attached hydrogens (tertiary/aromatic N) is 4. The topological polar surface area (TPSA) is 176 Å². The van der Waals surface area contributed by atoms with Crippen LogP contribution in [-0.2, 0) is 20.8 Å². The van der Waals surface area contributed by atoms with Gasteiger partial charge in [0.15, 0.2) is 10.8 Å². The van der Waals surface area contributed by atoms with E-state index in [1.807, 2.05) is 0 Å². The standard InChI is InChI=1S/C21H19N7O5S2/c1-33-10-4-2-3-9(5-10)6-13(29)24-14-18(30)28-15(20(31)32)12(8-34-19(14)28)35-21-25-16(22)11-7-23-27-17(11)26-21/h2-5,7,14,19H,6,8H2,1H3,(H,24,29)(H,31,32)(H3,22,23,25,26,27)/t14?,19-/m1/s1. The van der Waals surface area contributed by atoms with Crippen molar-refractivity contribution >= 4 is 58.2 Å². The Balaban J connectivity index is 1.32. The van der Waals surface area contributed by atoms with Crippen molar-refractivity contribution in [3.8, 4) is 5.75 Å². The maximum absolute atomic E-state index is 12.9. The number of hydrogen-bond donors (Lipinski definition) is 4. The number of carboxylic acids is 1. The monoisotopic (exact) mass is 513 g/mol. The molecule has 4 heterocycles. The summed E-state index contributed by atoms with van der Waals surface area (Å²) in [5, 5.41) is 19.5. The molecule has 2 aromatic heterocycles. The van der Waals surface area contributed by atoms with E-state index in [1.165, 1.54) is 30.0 Å². The number of H-pyrrole nitrogens is 1.